The molecule has 1 saturated heterocycles. The van der Waals surface area contributed by atoms with E-state index in [-0.39, 0.29) is 17.6 Å². The van der Waals surface area contributed by atoms with E-state index in [2.05, 4.69) is 20.5 Å². The van der Waals surface area contributed by atoms with Gasteiger partial charge in [0, 0.05) is 55.7 Å². The lowest BCUT2D eigenvalue weighted by atomic mass is 10.0. The molecule has 5 rings (SSSR count). The molecular formula is C22H23FN4O. The Morgan fingerprint density at radius 1 is 1.14 bits per heavy atom. The molecule has 3 heterocycles. The Morgan fingerprint density at radius 2 is 1.96 bits per heavy atom. The van der Waals surface area contributed by atoms with Crippen LogP contribution in [0.5, 0.6) is 0 Å². The number of carbonyl (C=O) groups is 1. The third-order valence-corrected chi connectivity index (χ3v) is 5.81. The first-order valence-electron chi connectivity index (χ1n) is 9.79. The normalized spacial score (nSPS) is 19.8. The summed E-state index contributed by atoms with van der Waals surface area (Å²) in [5.74, 6) is -0.282. The first-order valence-corrected chi connectivity index (χ1v) is 9.79. The number of halogens is 1. The van der Waals surface area contributed by atoms with E-state index in [4.69, 9.17) is 0 Å². The summed E-state index contributed by atoms with van der Waals surface area (Å²) < 4.78 is 15.1. The quantitative estimate of drug-likeness (QED) is 0.611. The van der Waals surface area contributed by atoms with Crippen molar-refractivity contribution in [3.05, 3.63) is 70.7 Å². The van der Waals surface area contributed by atoms with Crippen LogP contribution in [0.15, 0.2) is 42.5 Å². The summed E-state index contributed by atoms with van der Waals surface area (Å²) in [4.78, 5) is 18.4. The Hall–Kier alpha value is -2.54. The van der Waals surface area contributed by atoms with Crippen molar-refractivity contribution in [2.45, 2.75) is 19.1 Å². The summed E-state index contributed by atoms with van der Waals surface area (Å²) in [6.45, 7) is 4.97. The molecule has 1 aromatic heterocycles. The number of ketones is 1. The summed E-state index contributed by atoms with van der Waals surface area (Å²) in [5.41, 5.74) is 3.93. The highest BCUT2D eigenvalue weighted by Gasteiger charge is 2.29. The van der Waals surface area contributed by atoms with Crippen molar-refractivity contribution in [1.82, 2.24) is 20.5 Å². The number of nitrogens with zero attached hydrogens (tertiary/aromatic N) is 1. The van der Waals surface area contributed by atoms with Gasteiger partial charge in [0.25, 0.3) is 0 Å². The number of aromatic nitrogens is 1. The van der Waals surface area contributed by atoms with Gasteiger partial charge in [-0.15, -0.1) is 0 Å². The van der Waals surface area contributed by atoms with Gasteiger partial charge >= 0.3 is 0 Å². The molecule has 0 amide bonds. The molecule has 3 N–H and O–H groups in total. The van der Waals surface area contributed by atoms with E-state index in [1.165, 1.54) is 0 Å². The lowest BCUT2D eigenvalue weighted by Gasteiger charge is -2.27. The minimum atomic E-state index is -0.382. The Labute approximate surface area is 162 Å². The lowest BCUT2D eigenvalue weighted by molar-refractivity contribution is 0.0944. The average Bonchev–Trinajstić information content (AvgIpc) is 3.35. The van der Waals surface area contributed by atoms with Crippen LogP contribution in [-0.4, -0.2) is 41.8 Å². The summed E-state index contributed by atoms with van der Waals surface area (Å²) in [5, 5.41) is 7.07. The predicted octanol–water partition coefficient (Wildman–Crippen LogP) is 2.74. The van der Waals surface area contributed by atoms with Gasteiger partial charge in [0.15, 0.2) is 5.78 Å². The van der Waals surface area contributed by atoms with E-state index in [0.717, 1.165) is 37.3 Å². The molecule has 0 bridgehead atoms. The number of benzene rings is 2. The fourth-order valence-corrected chi connectivity index (χ4v) is 4.27. The van der Waals surface area contributed by atoms with Gasteiger partial charge < -0.3 is 10.3 Å². The zero-order valence-corrected chi connectivity index (χ0v) is 15.6. The zero-order valence-electron chi connectivity index (χ0n) is 15.6. The molecule has 28 heavy (non-hydrogen) atoms. The molecule has 1 fully saturated rings. The van der Waals surface area contributed by atoms with Gasteiger partial charge in [-0.3, -0.25) is 15.0 Å². The maximum atomic E-state index is 15.1. The molecular weight excluding hydrogens is 355 g/mol. The van der Waals surface area contributed by atoms with Crippen LogP contribution in [0.4, 0.5) is 4.39 Å². The van der Waals surface area contributed by atoms with Crippen LogP contribution in [0.2, 0.25) is 0 Å². The predicted molar refractivity (Wildman–Crippen MR) is 107 cm³/mol. The van der Waals surface area contributed by atoms with Crippen molar-refractivity contribution in [2.24, 2.45) is 0 Å². The molecule has 3 aromatic rings. The number of carbonyl (C=O) groups excluding carboxylic acids is 1. The number of piperazine rings is 1. The number of aromatic amines is 1. The third kappa shape index (κ3) is 3.03. The Bertz CT molecular complexity index is 1040. The maximum absolute atomic E-state index is 15.1. The summed E-state index contributed by atoms with van der Waals surface area (Å²) >= 11 is 0. The molecule has 6 heteroatoms. The molecule has 0 aliphatic carbocycles. The molecule has 2 aliphatic heterocycles. The number of H-pyrrole nitrogens is 1. The van der Waals surface area contributed by atoms with Crippen LogP contribution in [0.25, 0.3) is 10.9 Å². The Morgan fingerprint density at radius 3 is 2.82 bits per heavy atom. The van der Waals surface area contributed by atoms with Gasteiger partial charge in [-0.05, 0) is 23.3 Å². The summed E-state index contributed by atoms with van der Waals surface area (Å²) in [6, 6.07) is 12.9. The van der Waals surface area contributed by atoms with Crippen LogP contribution in [-0.2, 0) is 13.1 Å². The monoisotopic (exact) mass is 378 g/mol. The standard InChI is InChI=1S/C22H23FN4O/c23-20-15(13-27-9-7-24-8-10-27)5-6-18-17(20)11-19(26-18)22(28)21-16-4-2-1-3-14(16)12-25-21/h1-6,11,21,24-26H,7-10,12-13H2. The number of rotatable bonds is 4. The van der Waals surface area contributed by atoms with Crippen LogP contribution in [0.1, 0.15) is 33.2 Å². The smallest absolute Gasteiger partial charge is 0.200 e. The van der Waals surface area contributed by atoms with Crippen LogP contribution < -0.4 is 10.6 Å². The van der Waals surface area contributed by atoms with E-state index in [1.807, 2.05) is 36.4 Å². The fraction of sp³-hybridized carbons (Fsp3) is 0.318. The third-order valence-electron chi connectivity index (χ3n) is 5.81. The van der Waals surface area contributed by atoms with Gasteiger partial charge in [0.2, 0.25) is 0 Å². The number of fused-ring (bicyclic) bond motifs is 2. The lowest BCUT2D eigenvalue weighted by Crippen LogP contribution is -2.43. The van der Waals surface area contributed by atoms with Crippen LogP contribution in [0, 0.1) is 5.82 Å². The molecule has 1 unspecified atom stereocenters. The minimum Gasteiger partial charge on any atom is -0.352 e. The van der Waals surface area contributed by atoms with Crippen molar-refractivity contribution in [1.29, 1.82) is 0 Å². The van der Waals surface area contributed by atoms with E-state index in [9.17, 15) is 4.79 Å². The van der Waals surface area contributed by atoms with Crippen LogP contribution >= 0.6 is 0 Å². The molecule has 0 radical (unpaired) electrons. The highest BCUT2D eigenvalue weighted by molar-refractivity contribution is 6.03. The minimum absolute atomic E-state index is 0.0517. The number of Topliss-reactive ketones (excluding diaryl/α,β-unsaturated/α-hetero) is 1. The first kappa shape index (κ1) is 17.6. The highest BCUT2D eigenvalue weighted by Crippen LogP contribution is 2.30. The van der Waals surface area contributed by atoms with Crippen LogP contribution in [0.3, 0.4) is 0 Å². The molecule has 2 aromatic carbocycles. The number of hydrogen-bond acceptors (Lipinski definition) is 4. The number of hydrogen-bond donors (Lipinski definition) is 3. The van der Waals surface area contributed by atoms with Crippen molar-refractivity contribution in [3.8, 4) is 0 Å². The van der Waals surface area contributed by atoms with Gasteiger partial charge in [0.05, 0.1) is 11.7 Å². The first-order chi connectivity index (χ1) is 13.7. The number of nitrogens with one attached hydrogen (secondary N) is 3. The molecule has 5 nitrogen and oxygen atoms in total. The summed E-state index contributed by atoms with van der Waals surface area (Å²) in [7, 11) is 0. The van der Waals surface area contributed by atoms with Crippen molar-refractivity contribution in [2.75, 3.05) is 26.2 Å². The molecule has 2 aliphatic rings. The fourth-order valence-electron chi connectivity index (χ4n) is 4.27. The topological polar surface area (TPSA) is 60.2 Å². The van der Waals surface area contributed by atoms with E-state index < -0.39 is 0 Å². The van der Waals surface area contributed by atoms with Gasteiger partial charge in [0.1, 0.15) is 5.82 Å². The van der Waals surface area contributed by atoms with E-state index in [1.54, 1.807) is 6.07 Å². The SMILES string of the molecule is O=C(c1cc2c(F)c(CN3CCNCC3)ccc2[nH]1)C1NCc2ccccc21. The van der Waals surface area contributed by atoms with E-state index in [0.29, 0.717) is 35.2 Å². The van der Waals surface area contributed by atoms with Gasteiger partial charge in [-0.25, -0.2) is 4.39 Å². The largest absolute Gasteiger partial charge is 0.352 e. The maximum Gasteiger partial charge on any atom is 0.200 e. The molecule has 0 spiro atoms. The highest BCUT2D eigenvalue weighted by atomic mass is 19.1. The second-order valence-electron chi connectivity index (χ2n) is 7.59. The Kier molecular flexibility index (Phi) is 4.47. The Balaban J connectivity index is 1.43. The van der Waals surface area contributed by atoms with Crippen molar-refractivity contribution in [3.63, 3.8) is 0 Å². The molecule has 1 atom stereocenters. The average molecular weight is 378 g/mol. The molecule has 144 valence electrons. The van der Waals surface area contributed by atoms with E-state index >= 15 is 4.39 Å². The molecule has 0 saturated carbocycles. The van der Waals surface area contributed by atoms with Gasteiger partial charge in [-0.2, -0.15) is 0 Å². The zero-order chi connectivity index (χ0) is 19.1. The van der Waals surface area contributed by atoms with Crippen molar-refractivity contribution >= 4 is 16.7 Å². The summed E-state index contributed by atoms with van der Waals surface area (Å²) in [6.07, 6.45) is 0. The van der Waals surface area contributed by atoms with Gasteiger partial charge in [-0.1, -0.05) is 30.3 Å². The second-order valence-corrected chi connectivity index (χ2v) is 7.59. The van der Waals surface area contributed by atoms with Crippen molar-refractivity contribution < 1.29 is 9.18 Å². The second kappa shape index (κ2) is 7.13.